The molecular weight excluding hydrogens is 403 g/mol. The van der Waals surface area contributed by atoms with E-state index in [1.807, 2.05) is 24.3 Å². The van der Waals surface area contributed by atoms with Crippen LogP contribution < -0.4 is 10.6 Å². The fraction of sp³-hybridized carbons (Fsp3) is 0.316. The second kappa shape index (κ2) is 9.84. The number of nitro groups is 1. The van der Waals surface area contributed by atoms with Crippen LogP contribution in [0.3, 0.4) is 0 Å². The monoisotopic (exact) mass is 424 g/mol. The molecule has 28 heavy (non-hydrogen) atoms. The summed E-state index contributed by atoms with van der Waals surface area (Å²) in [4.78, 5) is 25.1. The zero-order chi connectivity index (χ0) is 19.4. The van der Waals surface area contributed by atoms with Gasteiger partial charge in [0.05, 0.1) is 11.5 Å². The van der Waals surface area contributed by atoms with Crippen molar-refractivity contribution in [2.24, 2.45) is 0 Å². The van der Waals surface area contributed by atoms with Crippen molar-refractivity contribution >= 4 is 41.3 Å². The molecule has 0 radical (unpaired) electrons. The highest BCUT2D eigenvalue weighted by Gasteiger charge is 2.26. The molecule has 2 N–H and O–H groups in total. The lowest BCUT2D eigenvalue weighted by Crippen LogP contribution is -2.48. The summed E-state index contributed by atoms with van der Waals surface area (Å²) < 4.78 is 0. The summed E-state index contributed by atoms with van der Waals surface area (Å²) in [5, 5.41) is 17.7. The van der Waals surface area contributed by atoms with E-state index < -0.39 is 4.92 Å². The Labute approximate surface area is 174 Å². The van der Waals surface area contributed by atoms with Gasteiger partial charge in [0.25, 0.3) is 5.69 Å². The van der Waals surface area contributed by atoms with Crippen LogP contribution in [0.15, 0.2) is 42.5 Å². The molecule has 1 amide bonds. The molecule has 9 heteroatoms. The Morgan fingerprint density at radius 3 is 2.82 bits per heavy atom. The van der Waals surface area contributed by atoms with Crippen molar-refractivity contribution in [1.82, 2.24) is 10.2 Å². The van der Waals surface area contributed by atoms with Gasteiger partial charge in [-0.2, -0.15) is 0 Å². The Hall–Kier alpha value is -2.19. The number of amides is 1. The summed E-state index contributed by atoms with van der Waals surface area (Å²) in [5.41, 5.74) is 2.31. The van der Waals surface area contributed by atoms with E-state index in [0.717, 1.165) is 25.2 Å². The van der Waals surface area contributed by atoms with Crippen LogP contribution in [-0.2, 0) is 4.79 Å². The predicted molar refractivity (Wildman–Crippen MR) is 112 cm³/mol. The zero-order valence-corrected chi connectivity index (χ0v) is 16.9. The van der Waals surface area contributed by atoms with E-state index in [4.69, 9.17) is 11.6 Å². The summed E-state index contributed by atoms with van der Waals surface area (Å²) in [6.45, 7) is 4.26. The molecule has 2 aromatic rings. The highest BCUT2D eigenvalue weighted by Crippen LogP contribution is 2.25. The molecular formula is C19H22Cl2N4O3. The first kappa shape index (κ1) is 22.1. The average Bonchev–Trinajstić information content (AvgIpc) is 2.63. The third-order valence-corrected chi connectivity index (χ3v) is 4.86. The Morgan fingerprint density at radius 2 is 2.14 bits per heavy atom. The normalized spacial score (nSPS) is 16.9. The summed E-state index contributed by atoms with van der Waals surface area (Å²) >= 11 is 6.11. The molecule has 1 atom stereocenters. The van der Waals surface area contributed by atoms with Gasteiger partial charge in [0.2, 0.25) is 5.91 Å². The number of carbonyl (C=O) groups excluding carboxylic acids is 1. The second-order valence-electron chi connectivity index (χ2n) is 6.55. The van der Waals surface area contributed by atoms with Crippen molar-refractivity contribution in [1.29, 1.82) is 0 Å². The van der Waals surface area contributed by atoms with Crippen LogP contribution in [0.25, 0.3) is 0 Å². The van der Waals surface area contributed by atoms with Crippen LogP contribution in [0, 0.1) is 17.0 Å². The van der Waals surface area contributed by atoms with Gasteiger partial charge in [0.1, 0.15) is 0 Å². The van der Waals surface area contributed by atoms with Crippen molar-refractivity contribution in [2.75, 3.05) is 31.5 Å². The number of carbonyl (C=O) groups is 1. The Bertz CT molecular complexity index is 863. The minimum absolute atomic E-state index is 0. The van der Waals surface area contributed by atoms with E-state index in [-0.39, 0.29) is 36.6 Å². The van der Waals surface area contributed by atoms with Crippen molar-refractivity contribution in [3.8, 4) is 0 Å². The van der Waals surface area contributed by atoms with Crippen LogP contribution in [-0.4, -0.2) is 41.9 Å². The number of hydrogen-bond donors (Lipinski definition) is 2. The van der Waals surface area contributed by atoms with Crippen LogP contribution in [0.5, 0.6) is 0 Å². The standard InChI is InChI=1S/C19H21ClN4O3.ClH/c1-13-9-16(24(26)27)5-6-17(13)22-19(25)12-23-8-7-21-11-18(23)14-3-2-4-15(20)10-14;/h2-6,9-10,18,21H,7-8,11-12H2,1H3,(H,22,25);1H. The number of nitro benzene ring substituents is 1. The smallest absolute Gasteiger partial charge is 0.269 e. The lowest BCUT2D eigenvalue weighted by molar-refractivity contribution is -0.384. The summed E-state index contributed by atoms with van der Waals surface area (Å²) in [6, 6.07) is 12.1. The molecule has 0 aromatic heterocycles. The first-order valence-corrected chi connectivity index (χ1v) is 9.07. The third-order valence-electron chi connectivity index (χ3n) is 4.63. The molecule has 1 heterocycles. The lowest BCUT2D eigenvalue weighted by Gasteiger charge is -2.36. The average molecular weight is 425 g/mol. The van der Waals surface area contributed by atoms with E-state index >= 15 is 0 Å². The van der Waals surface area contributed by atoms with Crippen LogP contribution in [0.2, 0.25) is 5.02 Å². The highest BCUT2D eigenvalue weighted by molar-refractivity contribution is 6.30. The van der Waals surface area contributed by atoms with Gasteiger partial charge < -0.3 is 10.6 Å². The van der Waals surface area contributed by atoms with Gasteiger partial charge in [-0.1, -0.05) is 23.7 Å². The molecule has 0 spiro atoms. The van der Waals surface area contributed by atoms with Crippen LogP contribution >= 0.6 is 24.0 Å². The summed E-state index contributed by atoms with van der Waals surface area (Å²) in [6.07, 6.45) is 0. The number of anilines is 1. The molecule has 150 valence electrons. The SMILES string of the molecule is Cc1cc([N+](=O)[O-])ccc1NC(=O)CN1CCNCC1c1cccc(Cl)c1.Cl. The van der Waals surface area contributed by atoms with Gasteiger partial charge in [-0.15, -0.1) is 12.4 Å². The van der Waals surface area contributed by atoms with Gasteiger partial charge in [-0.05, 0) is 36.2 Å². The van der Waals surface area contributed by atoms with E-state index in [1.54, 1.807) is 13.0 Å². The topological polar surface area (TPSA) is 87.5 Å². The molecule has 1 fully saturated rings. The minimum atomic E-state index is -0.449. The fourth-order valence-electron chi connectivity index (χ4n) is 3.25. The first-order valence-electron chi connectivity index (χ1n) is 8.69. The van der Waals surface area contributed by atoms with Crippen LogP contribution in [0.1, 0.15) is 17.2 Å². The maximum absolute atomic E-state index is 12.6. The van der Waals surface area contributed by atoms with E-state index in [1.165, 1.54) is 12.1 Å². The number of aryl methyl sites for hydroxylation is 1. The number of hydrogen-bond acceptors (Lipinski definition) is 5. The largest absolute Gasteiger partial charge is 0.325 e. The number of piperazine rings is 1. The molecule has 3 rings (SSSR count). The Balaban J connectivity index is 0.00000280. The predicted octanol–water partition coefficient (Wildman–Crippen LogP) is 3.56. The maximum Gasteiger partial charge on any atom is 0.269 e. The number of benzene rings is 2. The molecule has 0 bridgehead atoms. The Morgan fingerprint density at radius 1 is 1.36 bits per heavy atom. The van der Waals surface area contributed by atoms with Crippen molar-refractivity contribution in [2.45, 2.75) is 13.0 Å². The molecule has 0 aliphatic carbocycles. The molecule has 1 aliphatic heterocycles. The molecule has 1 unspecified atom stereocenters. The van der Waals surface area contributed by atoms with E-state index in [0.29, 0.717) is 16.3 Å². The van der Waals surface area contributed by atoms with Gasteiger partial charge in [0, 0.05) is 48.5 Å². The maximum atomic E-state index is 12.6. The fourth-order valence-corrected chi connectivity index (χ4v) is 3.45. The molecule has 1 saturated heterocycles. The van der Waals surface area contributed by atoms with Crippen molar-refractivity contribution < 1.29 is 9.72 Å². The van der Waals surface area contributed by atoms with Gasteiger partial charge >= 0.3 is 0 Å². The van der Waals surface area contributed by atoms with Crippen molar-refractivity contribution in [3.63, 3.8) is 0 Å². The van der Waals surface area contributed by atoms with Gasteiger partial charge in [-0.3, -0.25) is 19.8 Å². The number of nitrogens with zero attached hydrogens (tertiary/aromatic N) is 2. The number of nitrogens with one attached hydrogen (secondary N) is 2. The Kier molecular flexibility index (Phi) is 7.77. The highest BCUT2D eigenvalue weighted by atomic mass is 35.5. The lowest BCUT2D eigenvalue weighted by atomic mass is 10.0. The van der Waals surface area contributed by atoms with E-state index in [2.05, 4.69) is 15.5 Å². The third kappa shape index (κ3) is 5.42. The first-order chi connectivity index (χ1) is 12.9. The zero-order valence-electron chi connectivity index (χ0n) is 15.4. The number of halogens is 2. The second-order valence-corrected chi connectivity index (χ2v) is 6.99. The van der Waals surface area contributed by atoms with E-state index in [9.17, 15) is 14.9 Å². The van der Waals surface area contributed by atoms with Gasteiger partial charge in [0.15, 0.2) is 0 Å². The summed E-state index contributed by atoms with van der Waals surface area (Å²) in [7, 11) is 0. The quantitative estimate of drug-likeness (QED) is 0.565. The molecule has 2 aromatic carbocycles. The molecule has 7 nitrogen and oxygen atoms in total. The van der Waals surface area contributed by atoms with Crippen molar-refractivity contribution in [3.05, 3.63) is 68.7 Å². The van der Waals surface area contributed by atoms with Gasteiger partial charge in [-0.25, -0.2) is 0 Å². The summed E-state index contributed by atoms with van der Waals surface area (Å²) in [5.74, 6) is -0.152. The number of non-ortho nitro benzene ring substituents is 1. The molecule has 0 saturated carbocycles. The van der Waals surface area contributed by atoms with Crippen LogP contribution in [0.4, 0.5) is 11.4 Å². The molecule has 1 aliphatic rings. The number of rotatable bonds is 5. The minimum Gasteiger partial charge on any atom is -0.325 e.